The molecule has 8 heteroatoms. The molecule has 0 bridgehead atoms. The van der Waals surface area contributed by atoms with Gasteiger partial charge in [-0.05, 0) is 69.7 Å². The number of nitrogens with zero attached hydrogens (tertiary/aromatic N) is 5. The van der Waals surface area contributed by atoms with E-state index in [2.05, 4.69) is 25.7 Å². The number of anilines is 3. The smallest absolute Gasteiger partial charge is 0.256 e. The SMILES string of the molecule is Cc1cc(C)nc(Nc2cccc(C(=O)Nc3cc(C)nn3-c3cc(C)c4ccccc4n3)c2)n1. The summed E-state index contributed by atoms with van der Waals surface area (Å²) >= 11 is 0. The number of hydrogen-bond donors (Lipinski definition) is 2. The van der Waals surface area contributed by atoms with Crippen molar-refractivity contribution in [2.24, 2.45) is 0 Å². The minimum Gasteiger partial charge on any atom is -0.324 e. The second-order valence-electron chi connectivity index (χ2n) is 8.53. The molecule has 3 heterocycles. The van der Waals surface area contributed by atoms with Crippen LogP contribution in [0.2, 0.25) is 0 Å². The minimum atomic E-state index is -0.256. The molecule has 0 saturated carbocycles. The quantitative estimate of drug-likeness (QED) is 0.360. The lowest BCUT2D eigenvalue weighted by Crippen LogP contribution is -2.16. The van der Waals surface area contributed by atoms with Crippen molar-refractivity contribution < 1.29 is 4.79 Å². The van der Waals surface area contributed by atoms with Crippen LogP contribution < -0.4 is 10.6 Å². The number of para-hydroxylation sites is 1. The van der Waals surface area contributed by atoms with Crippen molar-refractivity contribution in [2.45, 2.75) is 27.7 Å². The average molecular weight is 464 g/mol. The maximum Gasteiger partial charge on any atom is 0.256 e. The Hall–Kier alpha value is -4.59. The summed E-state index contributed by atoms with van der Waals surface area (Å²) < 4.78 is 1.66. The van der Waals surface area contributed by atoms with Crippen molar-refractivity contribution >= 4 is 34.3 Å². The lowest BCUT2D eigenvalue weighted by atomic mass is 10.1. The van der Waals surface area contributed by atoms with E-state index >= 15 is 0 Å². The highest BCUT2D eigenvalue weighted by atomic mass is 16.1. The fraction of sp³-hybridized carbons (Fsp3) is 0.148. The Morgan fingerprint density at radius 1 is 0.800 bits per heavy atom. The molecule has 1 amide bonds. The van der Waals surface area contributed by atoms with Gasteiger partial charge in [0.25, 0.3) is 5.91 Å². The number of fused-ring (bicyclic) bond motifs is 1. The number of amides is 1. The van der Waals surface area contributed by atoms with Crippen LogP contribution in [0.25, 0.3) is 16.7 Å². The molecular weight excluding hydrogens is 438 g/mol. The molecule has 0 saturated heterocycles. The van der Waals surface area contributed by atoms with Crippen molar-refractivity contribution in [3.8, 4) is 5.82 Å². The summed E-state index contributed by atoms with van der Waals surface area (Å²) in [5.41, 5.74) is 5.69. The number of hydrogen-bond acceptors (Lipinski definition) is 6. The molecule has 5 aromatic rings. The van der Waals surface area contributed by atoms with Gasteiger partial charge < -0.3 is 10.6 Å². The molecular formula is C27H25N7O. The number of nitrogens with one attached hydrogen (secondary N) is 2. The largest absolute Gasteiger partial charge is 0.324 e. The molecule has 35 heavy (non-hydrogen) atoms. The van der Waals surface area contributed by atoms with Crippen LogP contribution in [0.3, 0.4) is 0 Å². The van der Waals surface area contributed by atoms with Gasteiger partial charge in [0.2, 0.25) is 5.95 Å². The van der Waals surface area contributed by atoms with Gasteiger partial charge in [0.05, 0.1) is 11.2 Å². The van der Waals surface area contributed by atoms with E-state index in [0.717, 1.165) is 39.2 Å². The Labute approximate surface area is 203 Å². The first kappa shape index (κ1) is 22.2. The lowest BCUT2D eigenvalue weighted by molar-refractivity contribution is 0.102. The van der Waals surface area contributed by atoms with E-state index in [1.165, 1.54) is 0 Å². The summed E-state index contributed by atoms with van der Waals surface area (Å²) in [5.74, 6) is 1.43. The molecule has 0 unspecified atom stereocenters. The number of pyridine rings is 1. The first-order valence-corrected chi connectivity index (χ1v) is 11.3. The molecule has 8 nitrogen and oxygen atoms in total. The standard InChI is InChI=1S/C27H25N7O/c1-16-12-24(31-23-11-6-5-10-22(16)23)34-25(14-19(4)33-34)32-26(35)20-8-7-9-21(15-20)30-27-28-17(2)13-18(3)29-27/h5-15H,1-4H3,(H,32,35)(H,28,29,30). The molecule has 0 spiro atoms. The summed E-state index contributed by atoms with van der Waals surface area (Å²) in [7, 11) is 0. The number of aromatic nitrogens is 5. The first-order chi connectivity index (χ1) is 16.9. The molecule has 3 aromatic heterocycles. The second-order valence-corrected chi connectivity index (χ2v) is 8.53. The van der Waals surface area contributed by atoms with E-state index in [1.807, 2.05) is 82.3 Å². The predicted octanol–water partition coefficient (Wildman–Crippen LogP) is 5.44. The Balaban J connectivity index is 1.42. The normalized spacial score (nSPS) is 11.0. The molecule has 0 atom stereocenters. The van der Waals surface area contributed by atoms with Gasteiger partial charge in [0.1, 0.15) is 5.82 Å². The van der Waals surface area contributed by atoms with E-state index in [0.29, 0.717) is 23.1 Å². The number of rotatable bonds is 5. The van der Waals surface area contributed by atoms with Crippen molar-refractivity contribution in [1.82, 2.24) is 24.7 Å². The molecule has 0 aliphatic rings. The van der Waals surface area contributed by atoms with E-state index < -0.39 is 0 Å². The molecule has 2 aromatic carbocycles. The summed E-state index contributed by atoms with van der Waals surface area (Å²) in [6, 6.07) is 20.9. The third-order valence-electron chi connectivity index (χ3n) is 5.56. The van der Waals surface area contributed by atoms with Crippen LogP contribution in [-0.2, 0) is 0 Å². The monoisotopic (exact) mass is 463 g/mol. The van der Waals surface area contributed by atoms with Gasteiger partial charge in [-0.25, -0.2) is 15.0 Å². The Morgan fingerprint density at radius 2 is 1.57 bits per heavy atom. The van der Waals surface area contributed by atoms with Crippen molar-refractivity contribution in [1.29, 1.82) is 0 Å². The molecule has 174 valence electrons. The Morgan fingerprint density at radius 3 is 2.37 bits per heavy atom. The maximum atomic E-state index is 13.2. The number of benzene rings is 2. The number of carbonyl (C=O) groups excluding carboxylic acids is 1. The molecule has 5 rings (SSSR count). The topological polar surface area (TPSA) is 97.6 Å². The molecule has 0 fully saturated rings. The van der Waals surface area contributed by atoms with E-state index in [4.69, 9.17) is 4.98 Å². The van der Waals surface area contributed by atoms with E-state index in [9.17, 15) is 4.79 Å². The van der Waals surface area contributed by atoms with Gasteiger partial charge in [0.15, 0.2) is 5.82 Å². The molecule has 2 N–H and O–H groups in total. The van der Waals surface area contributed by atoms with Crippen LogP contribution >= 0.6 is 0 Å². The van der Waals surface area contributed by atoms with Gasteiger partial charge >= 0.3 is 0 Å². The Bertz CT molecular complexity index is 1550. The fourth-order valence-corrected chi connectivity index (χ4v) is 4.04. The molecule has 0 radical (unpaired) electrons. The van der Waals surface area contributed by atoms with Crippen LogP contribution in [0.15, 0.2) is 66.7 Å². The van der Waals surface area contributed by atoms with Crippen molar-refractivity contribution in [3.63, 3.8) is 0 Å². The first-order valence-electron chi connectivity index (χ1n) is 11.3. The summed E-state index contributed by atoms with van der Waals surface area (Å²) in [5, 5.41) is 11.8. The van der Waals surface area contributed by atoms with Gasteiger partial charge in [0, 0.05) is 34.1 Å². The molecule has 0 aliphatic carbocycles. The van der Waals surface area contributed by atoms with Crippen molar-refractivity contribution in [2.75, 3.05) is 10.6 Å². The highest BCUT2D eigenvalue weighted by Crippen LogP contribution is 2.23. The van der Waals surface area contributed by atoms with Crippen LogP contribution in [0.4, 0.5) is 17.5 Å². The second kappa shape index (κ2) is 8.98. The van der Waals surface area contributed by atoms with Crippen LogP contribution in [0.5, 0.6) is 0 Å². The van der Waals surface area contributed by atoms with Gasteiger partial charge in [-0.1, -0.05) is 24.3 Å². The van der Waals surface area contributed by atoms with Gasteiger partial charge in [-0.2, -0.15) is 9.78 Å². The number of carbonyl (C=O) groups is 1. The van der Waals surface area contributed by atoms with Crippen LogP contribution in [0, 0.1) is 27.7 Å². The zero-order chi connectivity index (χ0) is 24.5. The highest BCUT2D eigenvalue weighted by molar-refractivity contribution is 6.04. The summed E-state index contributed by atoms with van der Waals surface area (Å²) in [6.45, 7) is 7.76. The zero-order valence-electron chi connectivity index (χ0n) is 20.0. The van der Waals surface area contributed by atoms with Crippen LogP contribution in [-0.4, -0.2) is 30.6 Å². The minimum absolute atomic E-state index is 0.256. The van der Waals surface area contributed by atoms with Gasteiger partial charge in [-0.3, -0.25) is 4.79 Å². The van der Waals surface area contributed by atoms with Gasteiger partial charge in [-0.15, -0.1) is 0 Å². The van der Waals surface area contributed by atoms with Crippen molar-refractivity contribution in [3.05, 3.63) is 94.9 Å². The third kappa shape index (κ3) is 4.72. The molecule has 0 aliphatic heterocycles. The van der Waals surface area contributed by atoms with Crippen LogP contribution in [0.1, 0.15) is 33.0 Å². The van der Waals surface area contributed by atoms with E-state index in [-0.39, 0.29) is 5.91 Å². The fourth-order valence-electron chi connectivity index (χ4n) is 4.04. The summed E-state index contributed by atoms with van der Waals surface area (Å²) in [4.78, 5) is 26.7. The summed E-state index contributed by atoms with van der Waals surface area (Å²) in [6.07, 6.45) is 0. The Kier molecular flexibility index (Phi) is 5.70. The average Bonchev–Trinajstić information content (AvgIpc) is 3.18. The third-order valence-corrected chi connectivity index (χ3v) is 5.56. The van der Waals surface area contributed by atoms with E-state index in [1.54, 1.807) is 16.8 Å². The highest BCUT2D eigenvalue weighted by Gasteiger charge is 2.15. The zero-order valence-corrected chi connectivity index (χ0v) is 20.0. The maximum absolute atomic E-state index is 13.2. The number of aryl methyl sites for hydroxylation is 4. The lowest BCUT2D eigenvalue weighted by Gasteiger charge is -2.11. The predicted molar refractivity (Wildman–Crippen MR) is 138 cm³/mol.